The number of rotatable bonds is 10. The van der Waals surface area contributed by atoms with E-state index in [0.29, 0.717) is 0 Å². The highest BCUT2D eigenvalue weighted by Crippen LogP contribution is 2.48. The highest BCUT2D eigenvalue weighted by molar-refractivity contribution is 6.32. The molecule has 0 unspecified atom stereocenters. The van der Waals surface area contributed by atoms with Gasteiger partial charge in [0.15, 0.2) is 17.5 Å². The van der Waals surface area contributed by atoms with Crippen molar-refractivity contribution in [2.75, 3.05) is 21.3 Å². The second kappa shape index (κ2) is 27.6. The van der Waals surface area contributed by atoms with Gasteiger partial charge in [-0.3, -0.25) is 33.6 Å². The number of halogens is 5. The predicted molar refractivity (Wildman–Crippen MR) is 304 cm³/mol. The van der Waals surface area contributed by atoms with Crippen LogP contribution >= 0.6 is 23.2 Å². The highest BCUT2D eigenvalue weighted by Gasteiger charge is 2.42. The van der Waals surface area contributed by atoms with Crippen LogP contribution in [0.1, 0.15) is 84.8 Å². The standard InChI is InChI=1S/C55H56Cl2N8O17.C2HF3O2/c1-21(2)12-31(59-3)49(71)64-44-46(68)23-7-10-34(29(56)14-23)81-37-16-25-17-38(48(37)70)82-35-11-8-24(15-30(35)57)47(69)45-54(76)63-43(55(77)78)28-18-26(79-4)19-36(80-5)40(28)27-13-22(6-9-33(27)66)41(51(73)65-45)62-52(74)42(25)61-50(72)32(20-39(58)67)60-53(44)75;3-2(4,5)1(6)7/h6-11,13-19,21,31-32,41-47,59,66,68-70H,12,20H2,1-5H3,(H2,58,67)(H,60,75)(H,61,72)(H,62,74)(H,63,76)(H,64,71)(H,65,73)(H,77,78);(H,6,7)/t31-,32+,41-,42-,43+,44-,45+,46-,47-;/m1./s1. The summed E-state index contributed by atoms with van der Waals surface area (Å²) in [7, 11) is 4.01. The molecule has 0 fully saturated rings. The summed E-state index contributed by atoms with van der Waals surface area (Å²) in [5.41, 5.74) is 4.36. The topological polar surface area (TPSA) is 422 Å². The first-order valence-electron chi connectivity index (χ1n) is 26.4. The zero-order valence-electron chi connectivity index (χ0n) is 47.2. The van der Waals surface area contributed by atoms with E-state index in [1.807, 2.05) is 13.8 Å². The molecule has 15 N–H and O–H groups in total. The smallest absolute Gasteiger partial charge is 0.490 e. The Hall–Kier alpha value is -9.62. The van der Waals surface area contributed by atoms with Crippen molar-refractivity contribution >= 4 is 76.5 Å². The molecule has 0 spiro atoms. The summed E-state index contributed by atoms with van der Waals surface area (Å²) in [6.45, 7) is 3.70. The van der Waals surface area contributed by atoms with E-state index in [4.69, 9.17) is 57.8 Å². The first-order valence-corrected chi connectivity index (χ1v) is 27.2. The molecule has 5 aromatic rings. The Balaban J connectivity index is 0.00000152. The van der Waals surface area contributed by atoms with E-state index in [2.05, 4.69) is 37.2 Å². The maximum atomic E-state index is 15.5. The van der Waals surface area contributed by atoms with Crippen LogP contribution in [0.2, 0.25) is 10.0 Å². The summed E-state index contributed by atoms with van der Waals surface area (Å²) < 4.78 is 55.2. The number of aliphatic hydroxyl groups excluding tert-OH is 2. The van der Waals surface area contributed by atoms with Gasteiger partial charge in [-0.15, -0.1) is 0 Å². The van der Waals surface area contributed by atoms with Gasteiger partial charge in [0.1, 0.15) is 71.2 Å². The molecule has 27 nitrogen and oxygen atoms in total. The molecule has 5 aliphatic heterocycles. The lowest BCUT2D eigenvalue weighted by Crippen LogP contribution is -2.59. The molecule has 0 aliphatic carbocycles. The summed E-state index contributed by atoms with van der Waals surface area (Å²) in [6, 6.07) is 2.44. The zero-order chi connectivity index (χ0) is 65.7. The minimum absolute atomic E-state index is 0.0271. The number of aromatic hydroxyl groups is 2. The molecular formula is C57H57Cl2F3N8O19. The lowest BCUT2D eigenvalue weighted by Gasteiger charge is -2.31. The number of phenols is 2. The molecule has 10 rings (SSSR count). The van der Waals surface area contributed by atoms with Gasteiger partial charge < -0.3 is 92.5 Å². The summed E-state index contributed by atoms with van der Waals surface area (Å²) in [5.74, 6) is -15.6. The monoisotopic (exact) mass is 1280 g/mol. The van der Waals surface area contributed by atoms with Crippen LogP contribution in [0, 0.1) is 5.92 Å². The lowest BCUT2D eigenvalue weighted by atomic mass is 9.89. The molecule has 0 radical (unpaired) electrons. The number of carbonyl (C=O) groups is 9. The number of carboxylic acids is 2. The number of carboxylic acid groups (broad SMARTS) is 2. The number of aliphatic carboxylic acids is 2. The van der Waals surface area contributed by atoms with Crippen molar-refractivity contribution in [3.8, 4) is 57.1 Å². The molecule has 0 aromatic heterocycles. The summed E-state index contributed by atoms with van der Waals surface area (Å²) in [6.07, 6.45) is -9.76. The van der Waals surface area contributed by atoms with Crippen molar-refractivity contribution in [1.82, 2.24) is 37.2 Å². The number of hydrogen-bond donors (Lipinski definition) is 14. The van der Waals surface area contributed by atoms with Crippen LogP contribution in [-0.4, -0.2) is 136 Å². The number of primary amides is 1. The number of amides is 7. The van der Waals surface area contributed by atoms with Crippen molar-refractivity contribution in [3.63, 3.8) is 0 Å². The third kappa shape index (κ3) is 15.2. The molecule has 7 amide bonds. The fourth-order valence-corrected chi connectivity index (χ4v) is 10.0. The summed E-state index contributed by atoms with van der Waals surface area (Å²) in [5, 5.41) is 82.4. The fourth-order valence-electron chi connectivity index (χ4n) is 9.59. The fraction of sp³-hybridized carbons (Fsp3) is 0.316. The van der Waals surface area contributed by atoms with Crippen LogP contribution in [-0.2, 0) is 43.2 Å². The second-order valence-electron chi connectivity index (χ2n) is 20.6. The van der Waals surface area contributed by atoms with Crippen LogP contribution in [0.3, 0.4) is 0 Å². The molecule has 32 heteroatoms. The van der Waals surface area contributed by atoms with E-state index < -0.39 is 143 Å². The van der Waals surface area contributed by atoms with Crippen molar-refractivity contribution in [3.05, 3.63) is 117 Å². The Morgan fingerprint density at radius 1 is 0.685 bits per heavy atom. The van der Waals surface area contributed by atoms with E-state index >= 15 is 9.59 Å². The molecule has 5 aromatic carbocycles. The highest BCUT2D eigenvalue weighted by atomic mass is 35.5. The van der Waals surface area contributed by atoms with Gasteiger partial charge in [-0.1, -0.05) is 55.2 Å². The Bertz CT molecular complexity index is 3650. The van der Waals surface area contributed by atoms with E-state index in [9.17, 15) is 67.5 Å². The molecule has 0 saturated heterocycles. The number of fused-ring (bicyclic) bond motifs is 15. The summed E-state index contributed by atoms with van der Waals surface area (Å²) >= 11 is 13.6. The molecule has 9 atom stereocenters. The van der Waals surface area contributed by atoms with Gasteiger partial charge in [0.25, 0.3) is 0 Å². The first-order chi connectivity index (χ1) is 41.8. The Kier molecular flexibility index (Phi) is 20.8. The Morgan fingerprint density at radius 3 is 1.75 bits per heavy atom. The molecular weight excluding hydrogens is 1230 g/mol. The molecule has 11 bridgehead atoms. The van der Waals surface area contributed by atoms with Gasteiger partial charge in [0.05, 0.1) is 36.7 Å². The third-order valence-corrected chi connectivity index (χ3v) is 14.6. The van der Waals surface area contributed by atoms with Gasteiger partial charge in [0, 0.05) is 22.8 Å². The number of benzene rings is 5. The SMILES string of the molecule is CN[C@H](CC(C)C)C(=O)N[C@H]1C(=O)N[C@@H](CC(N)=O)C(=O)N[C@H]2C(=O)N[C@H]3C(=O)N[C@H](C(=O)N[C@H](C(=O)O)c4cc(OC)cc(OC)c4-c4cc3ccc4O)[C@H](O)c3ccc(c(Cl)c3)Oc3cc2cc(c3O)Oc2ccc(cc2Cl)[C@H]1O.O=C(O)C(F)(F)F. The van der Waals surface area contributed by atoms with E-state index in [-0.39, 0.29) is 84.3 Å². The number of carbonyl (C=O) groups excluding carboxylic acids is 7. The van der Waals surface area contributed by atoms with Gasteiger partial charge in [-0.25, -0.2) is 9.59 Å². The number of methoxy groups -OCH3 is 2. The summed E-state index contributed by atoms with van der Waals surface area (Å²) in [4.78, 5) is 123. The van der Waals surface area contributed by atoms with Crippen LogP contribution in [0.15, 0.2) is 78.9 Å². The second-order valence-corrected chi connectivity index (χ2v) is 21.4. The van der Waals surface area contributed by atoms with E-state index in [1.54, 1.807) is 0 Å². The van der Waals surface area contributed by atoms with Crippen LogP contribution in [0.4, 0.5) is 13.2 Å². The quantitative estimate of drug-likeness (QED) is 0.0949. The number of nitrogens with two attached hydrogens (primary N) is 1. The normalized spacial score (nSPS) is 21.2. The minimum atomic E-state index is -5.08. The Morgan fingerprint density at radius 2 is 1.24 bits per heavy atom. The number of ether oxygens (including phenoxy) is 4. The Labute approximate surface area is 511 Å². The molecule has 0 saturated carbocycles. The molecule has 5 aliphatic rings. The molecule has 474 valence electrons. The average molecular weight is 1290 g/mol. The van der Waals surface area contributed by atoms with Crippen molar-refractivity contribution in [1.29, 1.82) is 0 Å². The number of likely N-dealkylation sites (N-methyl/N-ethyl adjacent to an activating group) is 1. The first kappa shape index (κ1) is 66.9. The third-order valence-electron chi connectivity index (χ3n) is 14.0. The van der Waals surface area contributed by atoms with Crippen molar-refractivity contribution in [2.45, 2.75) is 87.4 Å². The lowest BCUT2D eigenvalue weighted by molar-refractivity contribution is -0.192. The van der Waals surface area contributed by atoms with Crippen LogP contribution in [0.5, 0.6) is 46.0 Å². The number of hydrogen-bond acceptors (Lipinski definition) is 18. The van der Waals surface area contributed by atoms with Crippen LogP contribution < -0.4 is 61.9 Å². The zero-order valence-corrected chi connectivity index (χ0v) is 48.7. The minimum Gasteiger partial charge on any atom is -0.507 e. The number of alkyl halides is 3. The van der Waals surface area contributed by atoms with Crippen molar-refractivity contribution in [2.24, 2.45) is 11.7 Å². The number of phenolic OH excluding ortho intramolecular Hbond substituents is 2. The van der Waals surface area contributed by atoms with Gasteiger partial charge in [-0.05, 0) is 96.2 Å². The van der Waals surface area contributed by atoms with Gasteiger partial charge in [0.2, 0.25) is 47.1 Å². The van der Waals surface area contributed by atoms with E-state index in [0.717, 1.165) is 24.3 Å². The number of aliphatic hydroxyl groups is 2. The maximum absolute atomic E-state index is 15.5. The van der Waals surface area contributed by atoms with E-state index in [1.165, 1.54) is 75.9 Å². The largest absolute Gasteiger partial charge is 0.507 e. The number of nitrogens with one attached hydrogen (secondary N) is 7. The van der Waals surface area contributed by atoms with Crippen LogP contribution in [0.25, 0.3) is 11.1 Å². The predicted octanol–water partition coefficient (Wildman–Crippen LogP) is 3.63. The maximum Gasteiger partial charge on any atom is 0.490 e. The molecule has 89 heavy (non-hydrogen) atoms. The average Bonchev–Trinajstić information content (AvgIpc) is 0.888. The van der Waals surface area contributed by atoms with Gasteiger partial charge >= 0.3 is 18.1 Å². The van der Waals surface area contributed by atoms with Gasteiger partial charge in [-0.2, -0.15) is 13.2 Å². The molecule has 5 heterocycles. The van der Waals surface area contributed by atoms with Crippen molar-refractivity contribution < 1.29 is 106 Å².